The van der Waals surface area contributed by atoms with Crippen LogP contribution in [0.1, 0.15) is 39.2 Å². The number of hydrogen-bond acceptors (Lipinski definition) is 4. The van der Waals surface area contributed by atoms with Gasteiger partial charge in [0.05, 0.1) is 35.2 Å². The van der Waals surface area contributed by atoms with Gasteiger partial charge in [-0.1, -0.05) is 24.9 Å². The van der Waals surface area contributed by atoms with Crippen LogP contribution in [0.2, 0.25) is 5.02 Å². The molecule has 3 heterocycles. The van der Waals surface area contributed by atoms with Crippen LogP contribution in [0.25, 0.3) is 22.0 Å². The topological polar surface area (TPSA) is 55.1 Å². The first-order valence-corrected chi connectivity index (χ1v) is 11.1. The number of pyridine rings is 1. The van der Waals surface area contributed by atoms with Crippen LogP contribution in [0.15, 0.2) is 53.3 Å². The van der Waals surface area contributed by atoms with Crippen LogP contribution in [-0.2, 0) is 19.1 Å². The van der Waals surface area contributed by atoms with Gasteiger partial charge in [-0.15, -0.1) is 11.3 Å². The number of furan rings is 1. The summed E-state index contributed by atoms with van der Waals surface area (Å²) in [4.78, 5) is 18.8. The van der Waals surface area contributed by atoms with Crippen molar-refractivity contribution in [3.05, 3.63) is 75.0 Å². The molecule has 9 heteroatoms. The smallest absolute Gasteiger partial charge is 0.418 e. The van der Waals surface area contributed by atoms with Gasteiger partial charge in [0, 0.05) is 20.7 Å². The van der Waals surface area contributed by atoms with Crippen molar-refractivity contribution in [2.75, 3.05) is 0 Å². The number of nitrogens with one attached hydrogen (secondary N) is 1. The van der Waals surface area contributed by atoms with Crippen LogP contribution < -0.4 is 5.32 Å². The maximum Gasteiger partial charge on any atom is 0.418 e. The summed E-state index contributed by atoms with van der Waals surface area (Å²) in [6.45, 7) is 2.35. The summed E-state index contributed by atoms with van der Waals surface area (Å²) in [5.41, 5.74) is -0.739. The van der Waals surface area contributed by atoms with Crippen molar-refractivity contribution in [1.82, 2.24) is 10.3 Å². The number of aromatic nitrogens is 1. The fourth-order valence-electron chi connectivity index (χ4n) is 3.37. The Hall–Kier alpha value is -2.84. The van der Waals surface area contributed by atoms with Gasteiger partial charge < -0.3 is 9.73 Å². The van der Waals surface area contributed by atoms with Crippen LogP contribution >= 0.6 is 22.9 Å². The maximum absolute atomic E-state index is 13.8. The van der Waals surface area contributed by atoms with E-state index in [2.05, 4.69) is 17.2 Å². The number of fused-ring (bicyclic) bond motifs is 1. The zero-order chi connectivity index (χ0) is 22.9. The van der Waals surface area contributed by atoms with E-state index >= 15 is 0 Å². The van der Waals surface area contributed by atoms with Crippen molar-refractivity contribution < 1.29 is 22.4 Å². The molecule has 1 amide bonds. The summed E-state index contributed by atoms with van der Waals surface area (Å²) in [5, 5.41) is 2.83. The lowest BCUT2D eigenvalue weighted by Crippen LogP contribution is -2.23. The fraction of sp³-hybridized carbons (Fsp3) is 0.217. The van der Waals surface area contributed by atoms with Crippen LogP contribution in [0.5, 0.6) is 0 Å². The third-order valence-electron chi connectivity index (χ3n) is 4.89. The number of benzene rings is 1. The lowest BCUT2D eigenvalue weighted by molar-refractivity contribution is -0.136. The van der Waals surface area contributed by atoms with E-state index in [1.54, 1.807) is 17.4 Å². The number of hydrogen-bond donors (Lipinski definition) is 1. The summed E-state index contributed by atoms with van der Waals surface area (Å²) in [6, 6.07) is 9.27. The first kappa shape index (κ1) is 22.4. The van der Waals surface area contributed by atoms with E-state index < -0.39 is 17.6 Å². The zero-order valence-corrected chi connectivity index (χ0v) is 18.5. The van der Waals surface area contributed by atoms with E-state index in [9.17, 15) is 18.0 Å². The van der Waals surface area contributed by atoms with Gasteiger partial charge in [-0.05, 0) is 48.4 Å². The van der Waals surface area contributed by atoms with Crippen molar-refractivity contribution in [1.29, 1.82) is 0 Å². The average molecular weight is 479 g/mol. The van der Waals surface area contributed by atoms with Gasteiger partial charge in [-0.25, -0.2) is 4.98 Å². The van der Waals surface area contributed by atoms with E-state index in [-0.39, 0.29) is 28.2 Å². The highest BCUT2D eigenvalue weighted by Gasteiger charge is 2.35. The van der Waals surface area contributed by atoms with Crippen molar-refractivity contribution in [2.45, 2.75) is 32.5 Å². The molecule has 0 radical (unpaired) electrons. The first-order chi connectivity index (χ1) is 15.3. The lowest BCUT2D eigenvalue weighted by atomic mass is 10.0. The SMILES string of the molecule is CCCc1ccc(CNC(=O)c2cc(Cl)c3cc(-c4ccoc4)cc(C(F)(F)F)c3n2)s1. The molecule has 0 unspecified atom stereocenters. The number of thiophene rings is 1. The van der Waals surface area contributed by atoms with Crippen LogP contribution in [-0.4, -0.2) is 10.9 Å². The average Bonchev–Trinajstić information content (AvgIpc) is 3.43. The highest BCUT2D eigenvalue weighted by molar-refractivity contribution is 7.11. The summed E-state index contributed by atoms with van der Waals surface area (Å²) in [7, 11) is 0. The predicted molar refractivity (Wildman–Crippen MR) is 119 cm³/mol. The molecular weight excluding hydrogens is 461 g/mol. The summed E-state index contributed by atoms with van der Waals surface area (Å²) in [5.74, 6) is -0.591. The fourth-order valence-corrected chi connectivity index (χ4v) is 4.68. The second-order valence-corrected chi connectivity index (χ2v) is 8.88. The molecular formula is C23H18ClF3N2O2S. The molecule has 1 aromatic carbocycles. The molecule has 0 spiro atoms. The number of rotatable bonds is 6. The number of alkyl halides is 3. The summed E-state index contributed by atoms with van der Waals surface area (Å²) < 4.78 is 46.5. The number of carbonyl (C=O) groups is 1. The van der Waals surface area contributed by atoms with Crippen LogP contribution in [0.4, 0.5) is 13.2 Å². The number of carbonyl (C=O) groups excluding carboxylic acids is 1. The zero-order valence-electron chi connectivity index (χ0n) is 16.9. The summed E-state index contributed by atoms with van der Waals surface area (Å²) in [6.07, 6.45) is 0.0209. The van der Waals surface area contributed by atoms with Crippen molar-refractivity contribution in [3.63, 3.8) is 0 Å². The largest absolute Gasteiger partial charge is 0.472 e. The quantitative estimate of drug-likeness (QED) is 0.321. The first-order valence-electron chi connectivity index (χ1n) is 9.86. The molecule has 0 atom stereocenters. The van der Waals surface area contributed by atoms with Crippen LogP contribution in [0, 0.1) is 0 Å². The molecule has 3 aromatic heterocycles. The van der Waals surface area contributed by atoms with E-state index in [1.807, 2.05) is 12.1 Å². The predicted octanol–water partition coefficient (Wildman–Crippen LogP) is 7.11. The molecule has 0 saturated heterocycles. The molecule has 0 bridgehead atoms. The monoisotopic (exact) mass is 478 g/mol. The van der Waals surface area contributed by atoms with Gasteiger partial charge in [0.1, 0.15) is 5.69 Å². The van der Waals surface area contributed by atoms with Crippen molar-refractivity contribution >= 4 is 39.7 Å². The van der Waals surface area contributed by atoms with E-state index in [4.69, 9.17) is 16.0 Å². The Morgan fingerprint density at radius 2 is 1.94 bits per heavy atom. The molecule has 0 aliphatic heterocycles. The molecule has 0 saturated carbocycles. The molecule has 166 valence electrons. The Morgan fingerprint density at radius 1 is 1.16 bits per heavy atom. The van der Waals surface area contributed by atoms with E-state index in [1.165, 1.54) is 29.5 Å². The van der Waals surface area contributed by atoms with Gasteiger partial charge in [0.25, 0.3) is 5.91 Å². The minimum Gasteiger partial charge on any atom is -0.472 e. The molecule has 0 aliphatic rings. The number of nitrogens with zero attached hydrogens (tertiary/aromatic N) is 1. The molecule has 4 nitrogen and oxygen atoms in total. The lowest BCUT2D eigenvalue weighted by Gasteiger charge is -2.14. The Morgan fingerprint density at radius 3 is 2.62 bits per heavy atom. The van der Waals surface area contributed by atoms with Crippen molar-refractivity contribution in [2.24, 2.45) is 0 Å². The molecule has 4 aromatic rings. The third kappa shape index (κ3) is 4.66. The Balaban J connectivity index is 1.68. The molecule has 32 heavy (non-hydrogen) atoms. The number of aryl methyl sites for hydroxylation is 1. The Labute approximate surface area is 191 Å². The van der Waals surface area contributed by atoms with Gasteiger partial charge in [0.15, 0.2) is 0 Å². The Bertz CT molecular complexity index is 1270. The second-order valence-electron chi connectivity index (χ2n) is 7.22. The minimum absolute atomic E-state index is 0.0114. The van der Waals surface area contributed by atoms with Crippen molar-refractivity contribution in [3.8, 4) is 11.1 Å². The van der Waals surface area contributed by atoms with Gasteiger partial charge in [-0.2, -0.15) is 13.2 Å². The molecule has 0 fully saturated rings. The molecule has 0 aliphatic carbocycles. The highest BCUT2D eigenvalue weighted by Crippen LogP contribution is 2.39. The molecule has 1 N–H and O–H groups in total. The van der Waals surface area contributed by atoms with Crippen LogP contribution in [0.3, 0.4) is 0 Å². The third-order valence-corrected chi connectivity index (χ3v) is 6.35. The van der Waals surface area contributed by atoms with Gasteiger partial charge in [0.2, 0.25) is 0 Å². The standard InChI is InChI=1S/C23H18ClF3N2O2S/c1-2-3-15-4-5-16(32-15)11-28-22(30)20-10-19(24)17-8-14(13-6-7-31-12-13)9-18(21(17)29-20)23(25,26)27/h4-10,12H,2-3,11H2,1H3,(H,28,30). The van der Waals surface area contributed by atoms with Gasteiger partial charge in [-0.3, -0.25) is 4.79 Å². The maximum atomic E-state index is 13.8. The Kier molecular flexibility index (Phi) is 6.26. The minimum atomic E-state index is -4.68. The van der Waals surface area contributed by atoms with E-state index in [0.717, 1.165) is 23.8 Å². The molecule has 4 rings (SSSR count). The van der Waals surface area contributed by atoms with E-state index in [0.29, 0.717) is 11.1 Å². The highest BCUT2D eigenvalue weighted by atomic mass is 35.5. The normalized spacial score (nSPS) is 11.8. The summed E-state index contributed by atoms with van der Waals surface area (Å²) >= 11 is 7.90. The number of amides is 1. The second kappa shape index (κ2) is 8.96. The van der Waals surface area contributed by atoms with Gasteiger partial charge >= 0.3 is 6.18 Å². The number of halogens is 4.